The van der Waals surface area contributed by atoms with Gasteiger partial charge in [0.2, 0.25) is 0 Å². The Morgan fingerprint density at radius 3 is 3.14 bits per heavy atom. The van der Waals surface area contributed by atoms with E-state index >= 15 is 0 Å². The molecule has 1 saturated heterocycles. The molecule has 0 bridgehead atoms. The van der Waals surface area contributed by atoms with Gasteiger partial charge in [0.05, 0.1) is 11.9 Å². The quantitative estimate of drug-likeness (QED) is 0.922. The molecule has 6 heteroatoms. The molecule has 2 aliphatic heterocycles. The first-order valence-electron chi connectivity index (χ1n) is 7.75. The van der Waals surface area contributed by atoms with Crippen LogP contribution in [-0.4, -0.2) is 46.7 Å². The highest BCUT2D eigenvalue weighted by atomic mass is 16.7. The molecule has 118 valence electrons. The third kappa shape index (κ3) is 3.27. The highest BCUT2D eigenvalue weighted by molar-refractivity contribution is 6.43. The van der Waals surface area contributed by atoms with Gasteiger partial charge in [0.15, 0.2) is 5.60 Å². The first-order chi connectivity index (χ1) is 10.6. The van der Waals surface area contributed by atoms with Crippen LogP contribution in [-0.2, 0) is 9.63 Å². The van der Waals surface area contributed by atoms with Gasteiger partial charge in [-0.2, -0.15) is 0 Å². The van der Waals surface area contributed by atoms with Gasteiger partial charge in [0.1, 0.15) is 5.71 Å². The lowest BCUT2D eigenvalue weighted by molar-refractivity contribution is -0.110. The molecule has 22 heavy (non-hydrogen) atoms. The normalized spacial score (nSPS) is 24.6. The Hall–Kier alpha value is -1.95. The van der Waals surface area contributed by atoms with Crippen LogP contribution >= 0.6 is 0 Å². The molecule has 0 saturated carbocycles. The highest BCUT2D eigenvalue weighted by Crippen LogP contribution is 2.34. The monoisotopic (exact) mass is 302 g/mol. The van der Waals surface area contributed by atoms with E-state index in [2.05, 4.69) is 34.2 Å². The molecule has 1 amide bonds. The summed E-state index contributed by atoms with van der Waals surface area (Å²) in [7, 11) is 0. The zero-order valence-electron chi connectivity index (χ0n) is 13.1. The van der Waals surface area contributed by atoms with Crippen molar-refractivity contribution in [2.45, 2.75) is 32.3 Å². The summed E-state index contributed by atoms with van der Waals surface area (Å²) in [5.41, 5.74) is 0.829. The summed E-state index contributed by atoms with van der Waals surface area (Å²) in [4.78, 5) is 24.3. The van der Waals surface area contributed by atoms with E-state index in [0.29, 0.717) is 23.7 Å². The van der Waals surface area contributed by atoms with Crippen LogP contribution in [0, 0.1) is 5.92 Å². The van der Waals surface area contributed by atoms with Gasteiger partial charge in [-0.15, -0.1) is 0 Å². The molecule has 6 nitrogen and oxygen atoms in total. The van der Waals surface area contributed by atoms with E-state index in [-0.39, 0.29) is 11.5 Å². The smallest absolute Gasteiger partial charge is 0.273 e. The summed E-state index contributed by atoms with van der Waals surface area (Å²) in [6.07, 6.45) is 4.78. The van der Waals surface area contributed by atoms with Gasteiger partial charge in [-0.05, 0) is 18.1 Å². The molecule has 0 unspecified atom stereocenters. The molecular weight excluding hydrogens is 280 g/mol. The summed E-state index contributed by atoms with van der Waals surface area (Å²) in [6.45, 7) is 7.33. The summed E-state index contributed by atoms with van der Waals surface area (Å²) in [5, 5.41) is 6.85. The Labute approximate surface area is 130 Å². The maximum absolute atomic E-state index is 12.3. The molecule has 1 aromatic rings. The van der Waals surface area contributed by atoms with E-state index in [9.17, 15) is 4.79 Å². The molecule has 0 radical (unpaired) electrons. The van der Waals surface area contributed by atoms with E-state index in [1.807, 2.05) is 0 Å². The lowest BCUT2D eigenvalue weighted by atomic mass is 9.96. The zero-order valence-corrected chi connectivity index (χ0v) is 13.1. The number of likely N-dealkylation sites (tertiary alicyclic amines) is 1. The van der Waals surface area contributed by atoms with Crippen molar-refractivity contribution in [2.75, 3.05) is 25.0 Å². The second-order valence-corrected chi connectivity index (χ2v) is 6.56. The number of hydrogen-bond donors (Lipinski definition) is 1. The average Bonchev–Trinajstić information content (AvgIpc) is 3.07. The minimum atomic E-state index is -0.309. The first-order valence-corrected chi connectivity index (χ1v) is 7.75. The van der Waals surface area contributed by atoms with Crippen LogP contribution in [0.15, 0.2) is 29.7 Å². The second-order valence-electron chi connectivity index (χ2n) is 6.56. The van der Waals surface area contributed by atoms with Crippen molar-refractivity contribution in [3.63, 3.8) is 0 Å². The van der Waals surface area contributed by atoms with E-state index in [0.717, 1.165) is 26.1 Å². The summed E-state index contributed by atoms with van der Waals surface area (Å²) >= 11 is 0. The maximum atomic E-state index is 12.3. The number of aromatic nitrogens is 1. The van der Waals surface area contributed by atoms with E-state index in [1.54, 1.807) is 24.5 Å². The largest absolute Gasteiger partial charge is 0.387 e. The van der Waals surface area contributed by atoms with Crippen molar-refractivity contribution in [1.82, 2.24) is 9.88 Å². The molecule has 0 aliphatic carbocycles. The summed E-state index contributed by atoms with van der Waals surface area (Å²) in [5.74, 6) is 0.429. The van der Waals surface area contributed by atoms with Crippen LogP contribution in [0.5, 0.6) is 0 Å². The number of carbonyl (C=O) groups excluding carboxylic acids is 1. The van der Waals surface area contributed by atoms with Crippen LogP contribution in [0.2, 0.25) is 0 Å². The molecule has 3 rings (SSSR count). The predicted molar refractivity (Wildman–Crippen MR) is 84.6 cm³/mol. The lowest BCUT2D eigenvalue weighted by Gasteiger charge is -2.22. The van der Waals surface area contributed by atoms with E-state index in [4.69, 9.17) is 4.84 Å². The first kappa shape index (κ1) is 15.0. The second kappa shape index (κ2) is 6.04. The molecule has 3 heterocycles. The van der Waals surface area contributed by atoms with Crippen molar-refractivity contribution in [2.24, 2.45) is 11.1 Å². The third-order valence-electron chi connectivity index (χ3n) is 4.04. The minimum Gasteiger partial charge on any atom is -0.387 e. The van der Waals surface area contributed by atoms with Crippen molar-refractivity contribution >= 4 is 17.3 Å². The van der Waals surface area contributed by atoms with Gasteiger partial charge in [-0.3, -0.25) is 14.7 Å². The lowest BCUT2D eigenvalue weighted by Crippen LogP contribution is -2.36. The van der Waals surface area contributed by atoms with Gasteiger partial charge < -0.3 is 10.2 Å². The van der Waals surface area contributed by atoms with Crippen LogP contribution in [0.4, 0.5) is 5.69 Å². The minimum absolute atomic E-state index is 0.202. The number of anilines is 1. The summed E-state index contributed by atoms with van der Waals surface area (Å²) in [6, 6.07) is 3.59. The van der Waals surface area contributed by atoms with Gasteiger partial charge in [-0.25, -0.2) is 0 Å². The highest BCUT2D eigenvalue weighted by Gasteiger charge is 2.46. The summed E-state index contributed by atoms with van der Waals surface area (Å²) < 4.78 is 0. The molecule has 1 aromatic heterocycles. The van der Waals surface area contributed by atoms with Crippen LogP contribution in [0.1, 0.15) is 26.7 Å². The van der Waals surface area contributed by atoms with Crippen LogP contribution < -0.4 is 5.32 Å². The van der Waals surface area contributed by atoms with Gasteiger partial charge in [0, 0.05) is 38.7 Å². The van der Waals surface area contributed by atoms with Gasteiger partial charge in [0.25, 0.3) is 5.91 Å². The maximum Gasteiger partial charge on any atom is 0.273 e. The van der Waals surface area contributed by atoms with Gasteiger partial charge in [-0.1, -0.05) is 19.0 Å². The number of pyridine rings is 1. The number of amides is 1. The van der Waals surface area contributed by atoms with Crippen LogP contribution in [0.3, 0.4) is 0 Å². The number of nitrogens with zero attached hydrogens (tertiary/aromatic N) is 3. The molecule has 2 aliphatic rings. The van der Waals surface area contributed by atoms with Crippen molar-refractivity contribution in [3.05, 3.63) is 24.5 Å². The Morgan fingerprint density at radius 2 is 2.41 bits per heavy atom. The number of oxime groups is 1. The molecule has 1 spiro atoms. The number of carbonyl (C=O) groups is 1. The van der Waals surface area contributed by atoms with Crippen LogP contribution in [0.25, 0.3) is 0 Å². The molecule has 1 N–H and O–H groups in total. The van der Waals surface area contributed by atoms with Crippen molar-refractivity contribution < 1.29 is 9.63 Å². The van der Waals surface area contributed by atoms with Gasteiger partial charge >= 0.3 is 0 Å². The molecular formula is C16H22N4O2. The van der Waals surface area contributed by atoms with E-state index in [1.165, 1.54) is 0 Å². The fourth-order valence-electron chi connectivity index (χ4n) is 3.10. The number of nitrogens with one attached hydrogen (secondary N) is 1. The predicted octanol–water partition coefficient (Wildman–Crippen LogP) is 1.90. The Balaban J connectivity index is 1.57. The molecule has 1 atom stereocenters. The molecule has 1 fully saturated rings. The van der Waals surface area contributed by atoms with Crippen molar-refractivity contribution in [1.29, 1.82) is 0 Å². The van der Waals surface area contributed by atoms with Crippen molar-refractivity contribution in [3.8, 4) is 0 Å². The molecule has 0 aromatic carbocycles. The topological polar surface area (TPSA) is 66.8 Å². The fraction of sp³-hybridized carbons (Fsp3) is 0.562. The fourth-order valence-corrected chi connectivity index (χ4v) is 3.10. The zero-order chi connectivity index (χ0) is 15.6. The Kier molecular flexibility index (Phi) is 4.11. The Bertz CT molecular complexity index is 573. The average molecular weight is 302 g/mol. The Morgan fingerprint density at radius 1 is 1.55 bits per heavy atom. The third-order valence-corrected chi connectivity index (χ3v) is 4.04. The van der Waals surface area contributed by atoms with E-state index < -0.39 is 0 Å². The number of hydrogen-bond acceptors (Lipinski definition) is 5. The SMILES string of the molecule is CC(C)CN1CC[C@@]2(CC(C(=O)Nc3cccnc3)=NO2)C1. The standard InChI is InChI=1S/C16H22N4O2/c1-12(2)10-20-7-5-16(11-20)8-14(19-22-16)15(21)18-13-4-3-6-17-9-13/h3-4,6,9,12H,5,7-8,10-11H2,1-2H3,(H,18,21)/t16-/m1/s1. The number of rotatable bonds is 4.